The first kappa shape index (κ1) is 14.7. The second-order valence-electron chi connectivity index (χ2n) is 4.95. The lowest BCUT2D eigenvalue weighted by Gasteiger charge is -2.23. The highest BCUT2D eigenvalue weighted by Gasteiger charge is 2.54. The number of imidazole rings is 1. The fourth-order valence-electron chi connectivity index (χ4n) is 2.55. The molecule has 3 heterocycles. The van der Waals surface area contributed by atoms with E-state index in [9.17, 15) is 15.3 Å². The second-order valence-corrected chi connectivity index (χ2v) is 4.95. The highest BCUT2D eigenvalue weighted by Crippen LogP contribution is 2.38. The Labute approximate surface area is 125 Å². The molecule has 5 N–H and O–H groups in total. The quantitative estimate of drug-likeness (QED) is 0.487. The second kappa shape index (κ2) is 5.19. The average molecular weight is 305 g/mol. The first-order chi connectivity index (χ1) is 10.5. The minimum absolute atomic E-state index is 0.193. The molecule has 1 aliphatic rings. The molecule has 22 heavy (non-hydrogen) atoms. The van der Waals surface area contributed by atoms with Gasteiger partial charge >= 0.3 is 0 Å². The molecule has 0 aromatic carbocycles. The third-order valence-corrected chi connectivity index (χ3v) is 3.66. The highest BCUT2D eigenvalue weighted by molar-refractivity contribution is 5.81. The van der Waals surface area contributed by atoms with Gasteiger partial charge in [0.05, 0.1) is 12.9 Å². The van der Waals surface area contributed by atoms with E-state index in [4.69, 9.17) is 10.5 Å². The zero-order valence-electron chi connectivity index (χ0n) is 11.7. The first-order valence-electron chi connectivity index (χ1n) is 6.56. The van der Waals surface area contributed by atoms with Gasteiger partial charge in [0.15, 0.2) is 23.3 Å². The molecule has 0 aliphatic carbocycles. The lowest BCUT2D eigenvalue weighted by Crippen LogP contribution is -2.45. The van der Waals surface area contributed by atoms with Gasteiger partial charge in [0.1, 0.15) is 24.1 Å². The molecule has 4 unspecified atom stereocenters. The summed E-state index contributed by atoms with van der Waals surface area (Å²) in [5.41, 5.74) is 4.86. The molecule has 1 aliphatic heterocycles. The molecule has 0 saturated carbocycles. The van der Waals surface area contributed by atoms with Crippen molar-refractivity contribution in [3.05, 3.63) is 12.7 Å². The van der Waals surface area contributed by atoms with Crippen LogP contribution in [-0.2, 0) is 4.74 Å². The van der Waals surface area contributed by atoms with E-state index in [1.54, 1.807) is 6.92 Å². The van der Waals surface area contributed by atoms with E-state index < -0.39 is 30.6 Å². The van der Waals surface area contributed by atoms with Crippen molar-refractivity contribution in [2.45, 2.75) is 31.0 Å². The Morgan fingerprint density at radius 3 is 2.86 bits per heavy atom. The van der Waals surface area contributed by atoms with Crippen LogP contribution < -0.4 is 5.73 Å². The monoisotopic (exact) mass is 305 g/mol. The van der Waals surface area contributed by atoms with Crippen molar-refractivity contribution >= 4 is 17.0 Å². The van der Waals surface area contributed by atoms with Crippen molar-refractivity contribution in [2.75, 3.05) is 12.3 Å². The van der Waals surface area contributed by atoms with Gasteiger partial charge in [-0.1, -0.05) is 5.92 Å². The summed E-state index contributed by atoms with van der Waals surface area (Å²) in [5, 5.41) is 30.0. The number of nitrogens with zero attached hydrogens (tertiary/aromatic N) is 4. The van der Waals surface area contributed by atoms with Crippen LogP contribution in [0.15, 0.2) is 12.7 Å². The summed E-state index contributed by atoms with van der Waals surface area (Å²) < 4.78 is 7.08. The lowest BCUT2D eigenvalue weighted by atomic mass is 9.97. The Morgan fingerprint density at radius 2 is 2.18 bits per heavy atom. The zero-order chi connectivity index (χ0) is 15.9. The number of nitrogen functional groups attached to an aromatic ring is 1. The summed E-state index contributed by atoms with van der Waals surface area (Å²) in [6.07, 6.45) is -1.07. The number of hydrogen-bond donors (Lipinski definition) is 4. The molecule has 0 bridgehead atoms. The van der Waals surface area contributed by atoms with Crippen LogP contribution in [0.3, 0.4) is 0 Å². The number of anilines is 1. The summed E-state index contributed by atoms with van der Waals surface area (Å²) in [7, 11) is 0. The summed E-state index contributed by atoms with van der Waals surface area (Å²) in [4.78, 5) is 12.0. The molecule has 9 heteroatoms. The van der Waals surface area contributed by atoms with Crippen LogP contribution in [0.2, 0.25) is 0 Å². The Hall–Kier alpha value is -2.25. The highest BCUT2D eigenvalue weighted by atomic mass is 16.6. The maximum Gasteiger partial charge on any atom is 0.182 e. The topological polar surface area (TPSA) is 140 Å². The molecule has 1 saturated heterocycles. The number of hydrogen-bond acceptors (Lipinski definition) is 8. The van der Waals surface area contributed by atoms with E-state index in [0.717, 1.165) is 0 Å². The molecular formula is C13H15N5O4. The van der Waals surface area contributed by atoms with Crippen molar-refractivity contribution in [1.82, 2.24) is 19.5 Å². The SMILES string of the molecule is CC#CC1(CO)OC(n2cnc3c(N)ncnc32)C(O)C1O. The molecule has 116 valence electrons. The van der Waals surface area contributed by atoms with Crippen molar-refractivity contribution in [3.8, 4) is 11.8 Å². The van der Waals surface area contributed by atoms with E-state index in [2.05, 4.69) is 26.8 Å². The Bertz CT molecular complexity index is 767. The van der Waals surface area contributed by atoms with E-state index in [0.29, 0.717) is 11.2 Å². The lowest BCUT2D eigenvalue weighted by molar-refractivity contribution is -0.0912. The Morgan fingerprint density at radius 1 is 1.41 bits per heavy atom. The number of ether oxygens (including phenoxy) is 1. The first-order valence-corrected chi connectivity index (χ1v) is 6.56. The third-order valence-electron chi connectivity index (χ3n) is 3.66. The van der Waals surface area contributed by atoms with Gasteiger partial charge < -0.3 is 25.8 Å². The molecule has 2 aromatic rings. The van der Waals surface area contributed by atoms with Crippen molar-refractivity contribution in [3.63, 3.8) is 0 Å². The van der Waals surface area contributed by atoms with Crippen molar-refractivity contribution in [1.29, 1.82) is 0 Å². The molecule has 9 nitrogen and oxygen atoms in total. The van der Waals surface area contributed by atoms with Gasteiger partial charge in [0, 0.05) is 0 Å². The van der Waals surface area contributed by atoms with Crippen LogP contribution in [0, 0.1) is 11.8 Å². The fourth-order valence-corrected chi connectivity index (χ4v) is 2.55. The standard InChI is InChI=1S/C13H15N5O4/c1-2-3-13(4-19)9(21)8(20)12(22-13)18-6-17-7-10(14)15-5-16-11(7)18/h5-6,8-9,12,19-21H,4H2,1H3,(H2,14,15,16). The molecule has 0 radical (unpaired) electrons. The summed E-state index contributed by atoms with van der Waals surface area (Å²) in [5.74, 6) is 5.40. The number of rotatable bonds is 2. The summed E-state index contributed by atoms with van der Waals surface area (Å²) >= 11 is 0. The van der Waals surface area contributed by atoms with E-state index in [1.807, 2.05) is 0 Å². The van der Waals surface area contributed by atoms with E-state index >= 15 is 0 Å². The number of nitrogens with two attached hydrogens (primary N) is 1. The van der Waals surface area contributed by atoms with Gasteiger partial charge in [-0.05, 0) is 6.92 Å². The smallest absolute Gasteiger partial charge is 0.182 e. The van der Waals surface area contributed by atoms with Crippen molar-refractivity contribution in [2.24, 2.45) is 0 Å². The van der Waals surface area contributed by atoms with Crippen LogP contribution in [-0.4, -0.2) is 59.3 Å². The van der Waals surface area contributed by atoms with Crippen LogP contribution in [0.25, 0.3) is 11.2 Å². The molecule has 2 aromatic heterocycles. The Balaban J connectivity index is 2.08. The molecule has 1 fully saturated rings. The summed E-state index contributed by atoms with van der Waals surface area (Å²) in [6, 6.07) is 0. The minimum atomic E-state index is -1.56. The van der Waals surface area contributed by atoms with Gasteiger partial charge in [0.25, 0.3) is 0 Å². The molecule has 0 amide bonds. The maximum atomic E-state index is 10.3. The van der Waals surface area contributed by atoms with Gasteiger partial charge in [-0.25, -0.2) is 15.0 Å². The predicted molar refractivity (Wildman–Crippen MR) is 75.1 cm³/mol. The minimum Gasteiger partial charge on any atom is -0.392 e. The van der Waals surface area contributed by atoms with Crippen LogP contribution in [0.1, 0.15) is 13.2 Å². The number of aromatic nitrogens is 4. The maximum absolute atomic E-state index is 10.3. The normalized spacial score (nSPS) is 31.2. The van der Waals surface area contributed by atoms with Crippen LogP contribution in [0.5, 0.6) is 0 Å². The molecule has 4 atom stereocenters. The number of aliphatic hydroxyl groups excluding tert-OH is 3. The average Bonchev–Trinajstić information content (AvgIpc) is 3.04. The van der Waals surface area contributed by atoms with E-state index in [-0.39, 0.29) is 5.82 Å². The third kappa shape index (κ3) is 1.93. The number of fused-ring (bicyclic) bond motifs is 1. The number of aliphatic hydroxyl groups is 3. The van der Waals surface area contributed by atoms with Gasteiger partial charge in [-0.3, -0.25) is 4.57 Å². The van der Waals surface area contributed by atoms with Crippen molar-refractivity contribution < 1.29 is 20.1 Å². The van der Waals surface area contributed by atoms with Gasteiger partial charge in [0.2, 0.25) is 0 Å². The van der Waals surface area contributed by atoms with Crippen LogP contribution in [0.4, 0.5) is 5.82 Å². The summed E-state index contributed by atoms with van der Waals surface area (Å²) in [6.45, 7) is 0.986. The molecule has 3 rings (SSSR count). The van der Waals surface area contributed by atoms with E-state index in [1.165, 1.54) is 17.2 Å². The molecule has 0 spiro atoms. The largest absolute Gasteiger partial charge is 0.392 e. The van der Waals surface area contributed by atoms with Crippen LogP contribution >= 0.6 is 0 Å². The van der Waals surface area contributed by atoms with Gasteiger partial charge in [-0.2, -0.15) is 0 Å². The zero-order valence-corrected chi connectivity index (χ0v) is 11.7. The predicted octanol–water partition coefficient (Wildman–Crippen LogP) is -1.59. The Kier molecular flexibility index (Phi) is 3.46. The van der Waals surface area contributed by atoms with Gasteiger partial charge in [-0.15, -0.1) is 5.92 Å². The molecular weight excluding hydrogens is 290 g/mol. The fraction of sp³-hybridized carbons (Fsp3) is 0.462.